The Hall–Kier alpha value is -1.45. The Morgan fingerprint density at radius 3 is 2.50 bits per heavy atom. The number of halogens is 3. The van der Waals surface area contributed by atoms with Gasteiger partial charge >= 0.3 is 0 Å². The lowest BCUT2D eigenvalue weighted by atomic mass is 10.1. The molecule has 0 amide bonds. The van der Waals surface area contributed by atoms with Crippen LogP contribution in [0.5, 0.6) is 0 Å². The summed E-state index contributed by atoms with van der Waals surface area (Å²) in [5.74, 6) is -1.65. The fourth-order valence-corrected chi connectivity index (χ4v) is 2.25. The molecule has 1 N–H and O–H groups in total. The highest BCUT2D eigenvalue weighted by Gasteiger charge is 2.09. The van der Waals surface area contributed by atoms with Crippen molar-refractivity contribution < 1.29 is 8.78 Å². The van der Waals surface area contributed by atoms with E-state index in [0.717, 1.165) is 22.8 Å². The van der Waals surface area contributed by atoms with Crippen LogP contribution in [-0.4, -0.2) is 0 Å². The van der Waals surface area contributed by atoms with E-state index in [1.54, 1.807) is 6.07 Å². The topological polar surface area (TPSA) is 12.0 Å². The largest absolute Gasteiger partial charge is 0.306 e. The number of nitrogens with one attached hydrogen (secondary N) is 1. The number of benzene rings is 2. The summed E-state index contributed by atoms with van der Waals surface area (Å²) >= 11 is 5.91. The molecule has 106 valence electrons. The van der Waals surface area contributed by atoms with Crippen molar-refractivity contribution in [3.05, 3.63) is 69.7 Å². The van der Waals surface area contributed by atoms with Gasteiger partial charge in [0, 0.05) is 17.6 Å². The van der Waals surface area contributed by atoms with E-state index in [2.05, 4.69) is 5.32 Å². The average molecular weight is 296 g/mol. The van der Waals surface area contributed by atoms with Crippen LogP contribution in [0, 0.1) is 18.6 Å². The fourth-order valence-electron chi connectivity index (χ4n) is 2.02. The van der Waals surface area contributed by atoms with Crippen molar-refractivity contribution in [3.8, 4) is 0 Å². The predicted octanol–water partition coefficient (Wildman–Crippen LogP) is 4.78. The average Bonchev–Trinajstić information content (AvgIpc) is 2.40. The highest BCUT2D eigenvalue weighted by Crippen LogP contribution is 2.18. The smallest absolute Gasteiger partial charge is 0.159 e. The van der Waals surface area contributed by atoms with E-state index in [9.17, 15) is 8.78 Å². The third kappa shape index (κ3) is 3.56. The van der Waals surface area contributed by atoms with Crippen molar-refractivity contribution >= 4 is 11.6 Å². The van der Waals surface area contributed by atoms with Gasteiger partial charge in [-0.1, -0.05) is 23.7 Å². The molecule has 2 aromatic carbocycles. The van der Waals surface area contributed by atoms with Crippen molar-refractivity contribution in [1.29, 1.82) is 0 Å². The lowest BCUT2D eigenvalue weighted by molar-refractivity contribution is 0.500. The minimum absolute atomic E-state index is 0.0693. The second-order valence-corrected chi connectivity index (χ2v) is 5.28. The molecule has 2 rings (SSSR count). The molecule has 0 aromatic heterocycles. The van der Waals surface area contributed by atoms with E-state index >= 15 is 0 Å². The Morgan fingerprint density at radius 2 is 1.85 bits per heavy atom. The fraction of sp³-hybridized carbons (Fsp3) is 0.250. The van der Waals surface area contributed by atoms with Crippen LogP contribution >= 0.6 is 11.6 Å². The van der Waals surface area contributed by atoms with Crippen LogP contribution < -0.4 is 5.32 Å². The minimum atomic E-state index is -0.825. The summed E-state index contributed by atoms with van der Waals surface area (Å²) in [5, 5.41) is 4.00. The quantitative estimate of drug-likeness (QED) is 0.856. The van der Waals surface area contributed by atoms with Gasteiger partial charge in [-0.2, -0.15) is 0 Å². The van der Waals surface area contributed by atoms with Gasteiger partial charge in [0.05, 0.1) is 0 Å². The van der Waals surface area contributed by atoms with Gasteiger partial charge in [0.15, 0.2) is 11.6 Å². The van der Waals surface area contributed by atoms with Crippen molar-refractivity contribution in [2.75, 3.05) is 0 Å². The van der Waals surface area contributed by atoms with Gasteiger partial charge in [-0.3, -0.25) is 0 Å². The molecule has 0 aliphatic heterocycles. The van der Waals surface area contributed by atoms with Crippen LogP contribution in [0.2, 0.25) is 5.02 Å². The van der Waals surface area contributed by atoms with Gasteiger partial charge in [-0.05, 0) is 54.8 Å². The molecular weight excluding hydrogens is 280 g/mol. The summed E-state index contributed by atoms with van der Waals surface area (Å²) in [6, 6.07) is 9.60. The van der Waals surface area contributed by atoms with Crippen LogP contribution in [0.3, 0.4) is 0 Å². The van der Waals surface area contributed by atoms with Crippen LogP contribution in [0.25, 0.3) is 0 Å². The van der Waals surface area contributed by atoms with Crippen LogP contribution in [0.4, 0.5) is 8.78 Å². The Kier molecular flexibility index (Phi) is 4.73. The molecule has 0 aliphatic rings. The molecule has 0 radical (unpaired) electrons. The Morgan fingerprint density at radius 1 is 1.10 bits per heavy atom. The lowest BCUT2D eigenvalue weighted by Gasteiger charge is -2.15. The van der Waals surface area contributed by atoms with Crippen molar-refractivity contribution in [3.63, 3.8) is 0 Å². The zero-order chi connectivity index (χ0) is 14.7. The highest BCUT2D eigenvalue weighted by atomic mass is 35.5. The maximum Gasteiger partial charge on any atom is 0.159 e. The monoisotopic (exact) mass is 295 g/mol. The van der Waals surface area contributed by atoms with Crippen LogP contribution in [0.1, 0.15) is 29.7 Å². The third-order valence-corrected chi connectivity index (χ3v) is 3.58. The maximum atomic E-state index is 13.2. The number of hydrogen-bond donors (Lipinski definition) is 1. The summed E-state index contributed by atoms with van der Waals surface area (Å²) in [6.07, 6.45) is 0. The van der Waals surface area contributed by atoms with E-state index in [1.807, 2.05) is 32.0 Å². The number of rotatable bonds is 4. The second kappa shape index (κ2) is 6.33. The second-order valence-electron chi connectivity index (χ2n) is 4.85. The Bertz CT molecular complexity index is 613. The molecule has 20 heavy (non-hydrogen) atoms. The standard InChI is InChI=1S/C16H16ClF2N/c1-10-7-14(17)5-3-13(10)9-20-11(2)12-4-6-15(18)16(19)8-12/h3-8,11,20H,9H2,1-2H3. The van der Waals surface area contributed by atoms with Gasteiger partial charge in [0.1, 0.15) is 0 Å². The Labute approximate surface area is 122 Å². The van der Waals surface area contributed by atoms with E-state index in [1.165, 1.54) is 6.07 Å². The highest BCUT2D eigenvalue weighted by molar-refractivity contribution is 6.30. The maximum absolute atomic E-state index is 13.2. The molecule has 0 aliphatic carbocycles. The summed E-state index contributed by atoms with van der Waals surface area (Å²) < 4.78 is 26.1. The molecular formula is C16H16ClF2N. The zero-order valence-corrected chi connectivity index (χ0v) is 12.1. The first-order valence-corrected chi connectivity index (χ1v) is 6.78. The van der Waals surface area contributed by atoms with Gasteiger partial charge in [0.25, 0.3) is 0 Å². The number of aryl methyl sites for hydroxylation is 1. The van der Waals surface area contributed by atoms with E-state index in [4.69, 9.17) is 11.6 Å². The molecule has 0 spiro atoms. The zero-order valence-electron chi connectivity index (χ0n) is 11.4. The van der Waals surface area contributed by atoms with Crippen molar-refractivity contribution in [2.24, 2.45) is 0 Å². The molecule has 4 heteroatoms. The van der Waals surface area contributed by atoms with Gasteiger partial charge < -0.3 is 5.32 Å². The normalized spacial score (nSPS) is 12.4. The lowest BCUT2D eigenvalue weighted by Crippen LogP contribution is -2.18. The molecule has 1 unspecified atom stereocenters. The first-order chi connectivity index (χ1) is 9.47. The molecule has 0 saturated carbocycles. The third-order valence-electron chi connectivity index (χ3n) is 3.35. The Balaban J connectivity index is 2.04. The SMILES string of the molecule is Cc1cc(Cl)ccc1CNC(C)c1ccc(F)c(F)c1. The van der Waals surface area contributed by atoms with Crippen LogP contribution in [0.15, 0.2) is 36.4 Å². The summed E-state index contributed by atoms with van der Waals surface area (Å²) in [6.45, 7) is 4.55. The molecule has 2 aromatic rings. The molecule has 1 nitrogen and oxygen atoms in total. The summed E-state index contributed by atoms with van der Waals surface area (Å²) in [4.78, 5) is 0. The van der Waals surface area contributed by atoms with E-state index in [-0.39, 0.29) is 6.04 Å². The van der Waals surface area contributed by atoms with Gasteiger partial charge in [0.2, 0.25) is 0 Å². The minimum Gasteiger partial charge on any atom is -0.306 e. The molecule has 0 heterocycles. The molecule has 0 bridgehead atoms. The van der Waals surface area contributed by atoms with Crippen LogP contribution in [-0.2, 0) is 6.54 Å². The molecule has 0 saturated heterocycles. The number of hydrogen-bond acceptors (Lipinski definition) is 1. The summed E-state index contributed by atoms with van der Waals surface area (Å²) in [7, 11) is 0. The van der Waals surface area contributed by atoms with Crippen molar-refractivity contribution in [2.45, 2.75) is 26.4 Å². The first kappa shape index (κ1) is 14.9. The summed E-state index contributed by atoms with van der Waals surface area (Å²) in [5.41, 5.74) is 2.95. The van der Waals surface area contributed by atoms with Gasteiger partial charge in [-0.15, -0.1) is 0 Å². The van der Waals surface area contributed by atoms with Crippen molar-refractivity contribution in [1.82, 2.24) is 5.32 Å². The van der Waals surface area contributed by atoms with E-state index < -0.39 is 11.6 Å². The molecule has 0 fully saturated rings. The first-order valence-electron chi connectivity index (χ1n) is 6.40. The predicted molar refractivity (Wildman–Crippen MR) is 77.8 cm³/mol. The molecule has 1 atom stereocenters. The van der Waals surface area contributed by atoms with E-state index in [0.29, 0.717) is 11.6 Å². The van der Waals surface area contributed by atoms with Gasteiger partial charge in [-0.25, -0.2) is 8.78 Å².